The molecular weight excluding hydrogens is 248 g/mol. The molecule has 1 aromatic rings. The molecule has 0 aliphatic carbocycles. The number of nitro benzene ring substituents is 1. The molecule has 1 fully saturated rings. The Labute approximate surface area is 110 Å². The Balaban J connectivity index is 2.33. The van der Waals surface area contributed by atoms with Crippen LogP contribution in [0.25, 0.3) is 0 Å². The summed E-state index contributed by atoms with van der Waals surface area (Å²) in [6.07, 6.45) is 0.650. The van der Waals surface area contributed by atoms with Gasteiger partial charge in [0.15, 0.2) is 0 Å². The highest BCUT2D eigenvalue weighted by molar-refractivity contribution is 6.00. The van der Waals surface area contributed by atoms with Crippen molar-refractivity contribution < 1.29 is 14.5 Å². The van der Waals surface area contributed by atoms with Gasteiger partial charge < -0.3 is 4.90 Å². The highest BCUT2D eigenvalue weighted by Gasteiger charge is 2.28. The number of piperidine rings is 1. The molecule has 0 radical (unpaired) electrons. The van der Waals surface area contributed by atoms with Gasteiger partial charge in [-0.05, 0) is 12.5 Å². The number of ketones is 1. The Bertz CT molecular complexity index is 544. The maximum atomic E-state index is 12.4. The predicted octanol–water partition coefficient (Wildman–Crippen LogP) is 1.71. The first-order valence-electron chi connectivity index (χ1n) is 6.05. The predicted molar refractivity (Wildman–Crippen MR) is 68.0 cm³/mol. The lowest BCUT2D eigenvalue weighted by Crippen LogP contribution is -2.39. The van der Waals surface area contributed by atoms with Gasteiger partial charge in [-0.25, -0.2) is 0 Å². The molecule has 1 aromatic carbocycles. The molecule has 2 rings (SSSR count). The van der Waals surface area contributed by atoms with Crippen LogP contribution in [0.5, 0.6) is 0 Å². The van der Waals surface area contributed by atoms with E-state index in [2.05, 4.69) is 0 Å². The molecule has 1 saturated heterocycles. The van der Waals surface area contributed by atoms with E-state index in [1.165, 1.54) is 11.0 Å². The molecule has 19 heavy (non-hydrogen) atoms. The normalized spacial score (nSPS) is 15.4. The van der Waals surface area contributed by atoms with Gasteiger partial charge in [-0.2, -0.15) is 0 Å². The van der Waals surface area contributed by atoms with Crippen LogP contribution in [0.1, 0.15) is 28.8 Å². The van der Waals surface area contributed by atoms with E-state index in [0.717, 1.165) is 0 Å². The van der Waals surface area contributed by atoms with Gasteiger partial charge in [0.2, 0.25) is 0 Å². The van der Waals surface area contributed by atoms with Crippen molar-refractivity contribution in [1.82, 2.24) is 4.90 Å². The number of hydrogen-bond acceptors (Lipinski definition) is 4. The molecule has 0 atom stereocenters. The van der Waals surface area contributed by atoms with Crippen molar-refractivity contribution in [3.05, 3.63) is 39.4 Å². The minimum atomic E-state index is -0.546. The summed E-state index contributed by atoms with van der Waals surface area (Å²) in [5.41, 5.74) is 0.528. The summed E-state index contributed by atoms with van der Waals surface area (Å²) in [5.74, 6) is -0.236. The summed E-state index contributed by atoms with van der Waals surface area (Å²) < 4.78 is 0. The minimum Gasteiger partial charge on any atom is -0.338 e. The van der Waals surface area contributed by atoms with E-state index in [1.54, 1.807) is 19.1 Å². The molecule has 0 aromatic heterocycles. The monoisotopic (exact) mass is 262 g/mol. The Morgan fingerprint density at radius 2 is 1.95 bits per heavy atom. The van der Waals surface area contributed by atoms with E-state index >= 15 is 0 Å². The van der Waals surface area contributed by atoms with Gasteiger partial charge in [0.1, 0.15) is 11.3 Å². The number of nitro groups is 1. The zero-order chi connectivity index (χ0) is 14.0. The first-order chi connectivity index (χ1) is 9.00. The topological polar surface area (TPSA) is 80.5 Å². The zero-order valence-electron chi connectivity index (χ0n) is 10.6. The van der Waals surface area contributed by atoms with Gasteiger partial charge in [0, 0.05) is 32.0 Å². The number of hydrogen-bond donors (Lipinski definition) is 0. The van der Waals surface area contributed by atoms with Crippen LogP contribution >= 0.6 is 0 Å². The van der Waals surface area contributed by atoms with Crippen molar-refractivity contribution >= 4 is 17.4 Å². The number of benzene rings is 1. The zero-order valence-corrected chi connectivity index (χ0v) is 10.6. The number of amides is 1. The standard InChI is InChI=1S/C13H14N2O4/c1-9-3-2-4-11(15(18)19)12(9)13(17)14-7-5-10(16)6-8-14/h2-4H,5-8H2,1H3. The van der Waals surface area contributed by atoms with Crippen LogP contribution in [0.4, 0.5) is 5.69 Å². The second-order valence-corrected chi connectivity index (χ2v) is 4.56. The Morgan fingerprint density at radius 1 is 1.32 bits per heavy atom. The largest absolute Gasteiger partial charge is 0.338 e. The third kappa shape index (κ3) is 2.62. The lowest BCUT2D eigenvalue weighted by atomic mass is 10.0. The van der Waals surface area contributed by atoms with Crippen LogP contribution < -0.4 is 0 Å². The summed E-state index contributed by atoms with van der Waals surface area (Å²) in [4.78, 5) is 35.5. The number of aryl methyl sites for hydroxylation is 1. The van der Waals surface area contributed by atoms with Gasteiger partial charge >= 0.3 is 0 Å². The first kappa shape index (κ1) is 13.2. The minimum absolute atomic E-state index is 0.127. The summed E-state index contributed by atoms with van der Waals surface area (Å²) >= 11 is 0. The molecule has 1 aliphatic rings. The first-order valence-corrected chi connectivity index (χ1v) is 6.05. The Morgan fingerprint density at radius 3 is 2.53 bits per heavy atom. The Hall–Kier alpha value is -2.24. The molecule has 0 spiro atoms. The molecule has 6 nitrogen and oxygen atoms in total. The van der Waals surface area contributed by atoms with E-state index < -0.39 is 4.92 Å². The van der Waals surface area contributed by atoms with Crippen LogP contribution in [0, 0.1) is 17.0 Å². The smallest absolute Gasteiger partial charge is 0.282 e. The van der Waals surface area contributed by atoms with E-state index in [-0.39, 0.29) is 22.9 Å². The molecule has 0 bridgehead atoms. The number of Topliss-reactive ketones (excluding diaryl/α,β-unsaturated/α-hetero) is 1. The maximum absolute atomic E-state index is 12.4. The molecule has 1 amide bonds. The highest BCUT2D eigenvalue weighted by atomic mass is 16.6. The summed E-state index contributed by atoms with van der Waals surface area (Å²) in [6.45, 7) is 2.35. The molecule has 100 valence electrons. The quantitative estimate of drug-likeness (QED) is 0.600. The van der Waals surface area contributed by atoms with E-state index in [0.29, 0.717) is 31.5 Å². The summed E-state index contributed by atoms with van der Waals surface area (Å²) in [6, 6.07) is 4.56. The number of carbonyl (C=O) groups is 2. The number of carbonyl (C=O) groups excluding carboxylic acids is 2. The van der Waals surface area contributed by atoms with Crippen molar-refractivity contribution in [1.29, 1.82) is 0 Å². The van der Waals surface area contributed by atoms with Gasteiger partial charge in [0.25, 0.3) is 11.6 Å². The average Bonchev–Trinajstić information content (AvgIpc) is 2.38. The average molecular weight is 262 g/mol. The van der Waals surface area contributed by atoms with Crippen molar-refractivity contribution in [2.24, 2.45) is 0 Å². The molecule has 0 saturated carbocycles. The van der Waals surface area contributed by atoms with Crippen LogP contribution in [0.3, 0.4) is 0 Å². The summed E-state index contributed by atoms with van der Waals surface area (Å²) in [7, 11) is 0. The maximum Gasteiger partial charge on any atom is 0.282 e. The molecule has 1 heterocycles. The van der Waals surface area contributed by atoms with Crippen LogP contribution in [-0.2, 0) is 4.79 Å². The van der Waals surface area contributed by atoms with Gasteiger partial charge in [-0.15, -0.1) is 0 Å². The van der Waals surface area contributed by atoms with Crippen molar-refractivity contribution in [3.63, 3.8) is 0 Å². The highest BCUT2D eigenvalue weighted by Crippen LogP contribution is 2.24. The fraction of sp³-hybridized carbons (Fsp3) is 0.385. The summed E-state index contributed by atoms with van der Waals surface area (Å²) in [5, 5.41) is 11.0. The lowest BCUT2D eigenvalue weighted by Gasteiger charge is -2.26. The third-order valence-corrected chi connectivity index (χ3v) is 3.27. The van der Waals surface area contributed by atoms with Crippen LogP contribution in [0.2, 0.25) is 0 Å². The molecule has 6 heteroatoms. The lowest BCUT2D eigenvalue weighted by molar-refractivity contribution is -0.385. The molecule has 0 unspecified atom stereocenters. The number of rotatable bonds is 2. The van der Waals surface area contributed by atoms with E-state index in [4.69, 9.17) is 0 Å². The Kier molecular flexibility index (Phi) is 3.59. The van der Waals surface area contributed by atoms with Crippen LogP contribution in [0.15, 0.2) is 18.2 Å². The van der Waals surface area contributed by atoms with Crippen molar-refractivity contribution in [3.8, 4) is 0 Å². The van der Waals surface area contributed by atoms with Gasteiger partial charge in [-0.1, -0.05) is 12.1 Å². The van der Waals surface area contributed by atoms with E-state index in [9.17, 15) is 19.7 Å². The third-order valence-electron chi connectivity index (χ3n) is 3.27. The molecule has 0 N–H and O–H groups in total. The second kappa shape index (κ2) is 5.17. The molecule has 1 aliphatic heterocycles. The molecular formula is C13H14N2O4. The van der Waals surface area contributed by atoms with E-state index in [1.807, 2.05) is 0 Å². The van der Waals surface area contributed by atoms with Crippen molar-refractivity contribution in [2.45, 2.75) is 19.8 Å². The number of nitrogens with zero attached hydrogens (tertiary/aromatic N) is 2. The van der Waals surface area contributed by atoms with Crippen LogP contribution in [-0.4, -0.2) is 34.6 Å². The fourth-order valence-corrected chi connectivity index (χ4v) is 2.20. The van der Waals surface area contributed by atoms with Gasteiger partial charge in [-0.3, -0.25) is 19.7 Å². The van der Waals surface area contributed by atoms with Crippen molar-refractivity contribution in [2.75, 3.05) is 13.1 Å². The number of likely N-dealkylation sites (tertiary alicyclic amines) is 1. The SMILES string of the molecule is Cc1cccc([N+](=O)[O-])c1C(=O)N1CCC(=O)CC1. The fourth-order valence-electron chi connectivity index (χ4n) is 2.20. The van der Waals surface area contributed by atoms with Gasteiger partial charge in [0.05, 0.1) is 4.92 Å². The second-order valence-electron chi connectivity index (χ2n) is 4.56.